The fraction of sp³-hybridized carbons (Fsp3) is 0.533. The van der Waals surface area contributed by atoms with Gasteiger partial charge in [-0.3, -0.25) is 0 Å². The fourth-order valence-corrected chi connectivity index (χ4v) is 1.29. The standard InChI is InChI=1S/C13H20N2O2.C2H6/c1-9-5-6-10(7-11(9)14)8-15-12(16)17-13(2,3)4;1-2/h5-7H,8,14H2,1-4H3,(H,15,16);1-2H3. The van der Waals surface area contributed by atoms with Crippen molar-refractivity contribution in [2.45, 2.75) is 53.7 Å². The summed E-state index contributed by atoms with van der Waals surface area (Å²) in [6.45, 7) is 11.9. The summed E-state index contributed by atoms with van der Waals surface area (Å²) >= 11 is 0. The number of nitrogen functional groups attached to an aromatic ring is 1. The lowest BCUT2D eigenvalue weighted by atomic mass is 10.1. The van der Waals surface area contributed by atoms with Crippen LogP contribution in [0.2, 0.25) is 0 Å². The van der Waals surface area contributed by atoms with Crippen molar-refractivity contribution in [3.8, 4) is 0 Å². The maximum Gasteiger partial charge on any atom is 0.407 e. The average molecular weight is 266 g/mol. The van der Waals surface area contributed by atoms with Crippen molar-refractivity contribution in [1.29, 1.82) is 0 Å². The number of amides is 1. The zero-order chi connectivity index (χ0) is 15.1. The smallest absolute Gasteiger partial charge is 0.407 e. The Balaban J connectivity index is 0.00000154. The number of alkyl carbamates (subject to hydrolysis) is 1. The van der Waals surface area contributed by atoms with E-state index in [0.29, 0.717) is 6.54 Å². The van der Waals surface area contributed by atoms with Gasteiger partial charge < -0.3 is 15.8 Å². The van der Waals surface area contributed by atoms with Crippen LogP contribution in [0.25, 0.3) is 0 Å². The molecule has 1 rings (SSSR count). The minimum absolute atomic E-state index is 0.416. The van der Waals surface area contributed by atoms with E-state index in [1.54, 1.807) is 0 Å². The van der Waals surface area contributed by atoms with E-state index < -0.39 is 11.7 Å². The van der Waals surface area contributed by atoms with Gasteiger partial charge in [0, 0.05) is 12.2 Å². The van der Waals surface area contributed by atoms with Gasteiger partial charge in [-0.1, -0.05) is 26.0 Å². The molecule has 0 spiro atoms. The molecule has 19 heavy (non-hydrogen) atoms. The van der Waals surface area contributed by atoms with E-state index in [1.807, 2.05) is 59.7 Å². The SMILES string of the molecule is CC.Cc1ccc(CNC(=O)OC(C)(C)C)cc1N. The Morgan fingerprint density at radius 1 is 1.32 bits per heavy atom. The number of carbonyl (C=O) groups excluding carboxylic acids is 1. The van der Waals surface area contributed by atoms with E-state index in [4.69, 9.17) is 10.5 Å². The Hall–Kier alpha value is -1.71. The van der Waals surface area contributed by atoms with Gasteiger partial charge in [-0.25, -0.2) is 4.79 Å². The van der Waals surface area contributed by atoms with Crippen molar-refractivity contribution in [3.05, 3.63) is 29.3 Å². The molecule has 4 heteroatoms. The quantitative estimate of drug-likeness (QED) is 0.803. The molecule has 0 aliphatic carbocycles. The fourth-order valence-electron chi connectivity index (χ4n) is 1.29. The van der Waals surface area contributed by atoms with Gasteiger partial charge in [-0.15, -0.1) is 0 Å². The summed E-state index contributed by atoms with van der Waals surface area (Å²) in [5.74, 6) is 0. The molecule has 1 amide bonds. The molecule has 0 atom stereocenters. The van der Waals surface area contributed by atoms with E-state index in [9.17, 15) is 4.79 Å². The molecule has 0 fully saturated rings. The lowest BCUT2D eigenvalue weighted by molar-refractivity contribution is 0.0523. The molecule has 0 saturated heterocycles. The second-order valence-electron chi connectivity index (χ2n) is 5.05. The van der Waals surface area contributed by atoms with Gasteiger partial charge in [0.2, 0.25) is 0 Å². The third-order valence-corrected chi connectivity index (χ3v) is 2.18. The van der Waals surface area contributed by atoms with Gasteiger partial charge in [0.05, 0.1) is 0 Å². The molecule has 0 saturated carbocycles. The number of nitrogens with two attached hydrogens (primary N) is 1. The number of benzene rings is 1. The predicted octanol–water partition coefficient (Wildman–Crippen LogP) is 3.63. The molecule has 108 valence electrons. The molecule has 0 radical (unpaired) electrons. The first-order chi connectivity index (χ1) is 8.78. The van der Waals surface area contributed by atoms with Crippen LogP contribution in [0.3, 0.4) is 0 Å². The van der Waals surface area contributed by atoms with Crippen LogP contribution >= 0.6 is 0 Å². The van der Waals surface area contributed by atoms with Crippen molar-refractivity contribution in [2.24, 2.45) is 0 Å². The molecule has 4 nitrogen and oxygen atoms in total. The van der Waals surface area contributed by atoms with E-state index in [0.717, 1.165) is 16.8 Å². The highest BCUT2D eigenvalue weighted by atomic mass is 16.6. The molecule has 3 N–H and O–H groups in total. The van der Waals surface area contributed by atoms with E-state index in [2.05, 4.69) is 5.32 Å². The van der Waals surface area contributed by atoms with Crippen molar-refractivity contribution >= 4 is 11.8 Å². The molecule has 1 aromatic rings. The molecule has 0 aliphatic rings. The zero-order valence-electron chi connectivity index (χ0n) is 12.8. The Bertz CT molecular complexity index is 409. The summed E-state index contributed by atoms with van der Waals surface area (Å²) in [5.41, 5.74) is 8.03. The van der Waals surface area contributed by atoms with Gasteiger partial charge in [0.15, 0.2) is 0 Å². The number of nitrogens with one attached hydrogen (secondary N) is 1. The first-order valence-electron chi connectivity index (χ1n) is 6.60. The highest BCUT2D eigenvalue weighted by Crippen LogP contribution is 2.13. The van der Waals surface area contributed by atoms with Crippen molar-refractivity contribution < 1.29 is 9.53 Å². The zero-order valence-corrected chi connectivity index (χ0v) is 12.8. The molecule has 0 unspecified atom stereocenters. The van der Waals surface area contributed by atoms with Gasteiger partial charge in [0.1, 0.15) is 5.60 Å². The van der Waals surface area contributed by atoms with Crippen molar-refractivity contribution in [3.63, 3.8) is 0 Å². The summed E-state index contributed by atoms with van der Waals surface area (Å²) in [5, 5.41) is 2.69. The Labute approximate surface area is 116 Å². The lowest BCUT2D eigenvalue weighted by Gasteiger charge is -2.19. The second kappa shape index (κ2) is 7.67. The maximum atomic E-state index is 11.4. The predicted molar refractivity (Wildman–Crippen MR) is 80.0 cm³/mol. The summed E-state index contributed by atoms with van der Waals surface area (Å²) < 4.78 is 5.13. The van der Waals surface area contributed by atoms with Gasteiger partial charge in [-0.05, 0) is 44.9 Å². The number of ether oxygens (including phenoxy) is 1. The van der Waals surface area contributed by atoms with Crippen LogP contribution in [0.5, 0.6) is 0 Å². The summed E-state index contributed by atoms with van der Waals surface area (Å²) in [6, 6.07) is 5.72. The first-order valence-corrected chi connectivity index (χ1v) is 6.60. The molecule has 0 bridgehead atoms. The van der Waals surface area contributed by atoms with E-state index >= 15 is 0 Å². The van der Waals surface area contributed by atoms with Crippen LogP contribution < -0.4 is 11.1 Å². The highest BCUT2D eigenvalue weighted by Gasteiger charge is 2.15. The summed E-state index contributed by atoms with van der Waals surface area (Å²) in [4.78, 5) is 11.4. The Morgan fingerprint density at radius 2 is 1.89 bits per heavy atom. The van der Waals surface area contributed by atoms with E-state index in [-0.39, 0.29) is 0 Å². The van der Waals surface area contributed by atoms with Crippen molar-refractivity contribution in [1.82, 2.24) is 5.32 Å². The van der Waals surface area contributed by atoms with Crippen LogP contribution in [-0.4, -0.2) is 11.7 Å². The largest absolute Gasteiger partial charge is 0.444 e. The Morgan fingerprint density at radius 3 is 2.37 bits per heavy atom. The number of aryl methyl sites for hydroxylation is 1. The minimum atomic E-state index is -0.476. The third-order valence-electron chi connectivity index (χ3n) is 2.18. The van der Waals surface area contributed by atoms with Crippen LogP contribution in [0.4, 0.5) is 10.5 Å². The van der Waals surface area contributed by atoms with Crippen LogP contribution in [-0.2, 0) is 11.3 Å². The average Bonchev–Trinajstić information content (AvgIpc) is 2.31. The van der Waals surface area contributed by atoms with Gasteiger partial charge in [0.25, 0.3) is 0 Å². The first kappa shape index (κ1) is 17.3. The summed E-state index contributed by atoms with van der Waals surface area (Å²) in [7, 11) is 0. The van der Waals surface area contributed by atoms with Gasteiger partial charge in [-0.2, -0.15) is 0 Å². The van der Waals surface area contributed by atoms with Gasteiger partial charge >= 0.3 is 6.09 Å². The molecular weight excluding hydrogens is 240 g/mol. The second-order valence-corrected chi connectivity index (χ2v) is 5.05. The number of anilines is 1. The number of rotatable bonds is 2. The topological polar surface area (TPSA) is 64.3 Å². The van der Waals surface area contributed by atoms with Crippen LogP contribution in [0.1, 0.15) is 45.7 Å². The number of hydrogen-bond donors (Lipinski definition) is 2. The highest BCUT2D eigenvalue weighted by molar-refractivity contribution is 5.67. The molecule has 1 aromatic carbocycles. The van der Waals surface area contributed by atoms with E-state index in [1.165, 1.54) is 0 Å². The molecule has 0 aromatic heterocycles. The maximum absolute atomic E-state index is 11.4. The molecule has 0 heterocycles. The van der Waals surface area contributed by atoms with Crippen molar-refractivity contribution in [2.75, 3.05) is 5.73 Å². The summed E-state index contributed by atoms with van der Waals surface area (Å²) in [6.07, 6.45) is -0.420. The Kier molecular flexibility index (Phi) is 6.98. The number of hydrogen-bond acceptors (Lipinski definition) is 3. The van der Waals surface area contributed by atoms with Crippen LogP contribution in [0.15, 0.2) is 18.2 Å². The number of carbonyl (C=O) groups is 1. The lowest BCUT2D eigenvalue weighted by Crippen LogP contribution is -2.32. The van der Waals surface area contributed by atoms with Crippen LogP contribution in [0, 0.1) is 6.92 Å². The molecular formula is C15H26N2O2. The minimum Gasteiger partial charge on any atom is -0.444 e. The monoisotopic (exact) mass is 266 g/mol. The molecule has 0 aliphatic heterocycles. The normalized spacial score (nSPS) is 10.2. The third kappa shape index (κ3) is 7.34.